The van der Waals surface area contributed by atoms with Crippen molar-refractivity contribution in [3.63, 3.8) is 0 Å². The minimum Gasteiger partial charge on any atom is -0.456 e. The van der Waals surface area contributed by atoms with Gasteiger partial charge in [-0.05, 0) is 39.0 Å². The number of aromatic nitrogens is 2. The smallest absolute Gasteiger partial charge is 0.338 e. The van der Waals surface area contributed by atoms with Gasteiger partial charge in [-0.25, -0.2) is 9.78 Å². The summed E-state index contributed by atoms with van der Waals surface area (Å²) in [7, 11) is 0. The summed E-state index contributed by atoms with van der Waals surface area (Å²) < 4.78 is 7.09. The van der Waals surface area contributed by atoms with E-state index in [1.54, 1.807) is 41.5 Å². The van der Waals surface area contributed by atoms with E-state index in [4.69, 9.17) is 4.74 Å². The normalized spacial score (nSPS) is 11.1. The number of carbonyl (C=O) groups is 2. The van der Waals surface area contributed by atoms with Gasteiger partial charge in [-0.2, -0.15) is 0 Å². The van der Waals surface area contributed by atoms with Gasteiger partial charge in [-0.15, -0.1) is 0 Å². The van der Waals surface area contributed by atoms with Gasteiger partial charge < -0.3 is 14.6 Å². The number of carbonyl (C=O) groups excluding carboxylic acids is 2. The zero-order chi connectivity index (χ0) is 16.3. The Labute approximate surface area is 129 Å². The highest BCUT2D eigenvalue weighted by Crippen LogP contribution is 2.23. The average molecular weight is 301 g/mol. The molecule has 2 rings (SSSR count). The second-order valence-electron chi connectivity index (χ2n) is 5.88. The van der Waals surface area contributed by atoms with Crippen LogP contribution in [0.15, 0.2) is 36.9 Å². The molecule has 1 heterocycles. The van der Waals surface area contributed by atoms with Gasteiger partial charge in [0, 0.05) is 19.3 Å². The van der Waals surface area contributed by atoms with Gasteiger partial charge in [0.15, 0.2) is 0 Å². The Morgan fingerprint density at radius 3 is 2.55 bits per heavy atom. The van der Waals surface area contributed by atoms with Crippen LogP contribution in [0.25, 0.3) is 5.69 Å². The standard InChI is InChI=1S/C16H19N3O3/c1-11(20)18-13-6-5-12(15(21)22-16(2,3)4)9-14(13)19-8-7-17-10-19/h5-10H,1-4H3,(H,18,20). The van der Waals surface area contributed by atoms with Gasteiger partial charge in [-0.3, -0.25) is 4.79 Å². The fourth-order valence-corrected chi connectivity index (χ4v) is 1.91. The molecule has 0 bridgehead atoms. The molecule has 1 N–H and O–H groups in total. The van der Waals surface area contributed by atoms with E-state index < -0.39 is 11.6 Å². The van der Waals surface area contributed by atoms with Crippen LogP contribution < -0.4 is 5.32 Å². The minimum absolute atomic E-state index is 0.189. The molecule has 1 amide bonds. The Kier molecular flexibility index (Phi) is 4.30. The quantitative estimate of drug-likeness (QED) is 0.885. The molecular formula is C16H19N3O3. The maximum Gasteiger partial charge on any atom is 0.338 e. The van der Waals surface area contributed by atoms with E-state index in [-0.39, 0.29) is 5.91 Å². The molecule has 22 heavy (non-hydrogen) atoms. The summed E-state index contributed by atoms with van der Waals surface area (Å²) in [4.78, 5) is 27.5. The molecule has 1 aromatic heterocycles. The predicted octanol–water partition coefficient (Wildman–Crippen LogP) is 2.79. The van der Waals surface area contributed by atoms with Crippen LogP contribution >= 0.6 is 0 Å². The topological polar surface area (TPSA) is 73.2 Å². The fourth-order valence-electron chi connectivity index (χ4n) is 1.91. The molecule has 0 aliphatic rings. The summed E-state index contributed by atoms with van der Waals surface area (Å²) in [6.45, 7) is 6.87. The van der Waals surface area contributed by atoms with E-state index in [1.165, 1.54) is 6.92 Å². The van der Waals surface area contributed by atoms with Crippen molar-refractivity contribution in [1.29, 1.82) is 0 Å². The second kappa shape index (κ2) is 6.01. The molecule has 0 spiro atoms. The Balaban J connectivity index is 2.41. The highest BCUT2D eigenvalue weighted by molar-refractivity contribution is 5.95. The summed E-state index contributed by atoms with van der Waals surface area (Å²) in [6.07, 6.45) is 4.96. The van der Waals surface area contributed by atoms with Crippen LogP contribution in [0.3, 0.4) is 0 Å². The van der Waals surface area contributed by atoms with Crippen molar-refractivity contribution in [3.8, 4) is 5.69 Å². The number of esters is 1. The minimum atomic E-state index is -0.567. The largest absolute Gasteiger partial charge is 0.456 e. The lowest BCUT2D eigenvalue weighted by Gasteiger charge is -2.20. The Bertz CT molecular complexity index is 685. The van der Waals surface area contributed by atoms with Crippen molar-refractivity contribution in [2.24, 2.45) is 0 Å². The number of amides is 1. The molecule has 1 aromatic carbocycles. The summed E-state index contributed by atoms with van der Waals surface area (Å²) in [5.74, 6) is -0.602. The van der Waals surface area contributed by atoms with Crippen LogP contribution in [0.5, 0.6) is 0 Å². The molecule has 0 saturated heterocycles. The van der Waals surface area contributed by atoms with Crippen molar-refractivity contribution in [3.05, 3.63) is 42.5 Å². The third-order valence-corrected chi connectivity index (χ3v) is 2.73. The number of benzene rings is 1. The molecule has 0 saturated carbocycles. The Morgan fingerprint density at radius 1 is 1.27 bits per heavy atom. The number of hydrogen-bond acceptors (Lipinski definition) is 4. The second-order valence-corrected chi connectivity index (χ2v) is 5.88. The summed E-state index contributed by atoms with van der Waals surface area (Å²) in [6, 6.07) is 4.97. The van der Waals surface area contributed by atoms with Gasteiger partial charge in [-0.1, -0.05) is 0 Å². The molecular weight excluding hydrogens is 282 g/mol. The Hall–Kier alpha value is -2.63. The van der Waals surface area contributed by atoms with Gasteiger partial charge in [0.25, 0.3) is 0 Å². The van der Waals surface area contributed by atoms with E-state index in [0.29, 0.717) is 16.9 Å². The highest BCUT2D eigenvalue weighted by Gasteiger charge is 2.19. The number of imidazole rings is 1. The fraction of sp³-hybridized carbons (Fsp3) is 0.312. The number of ether oxygens (including phenoxy) is 1. The van der Waals surface area contributed by atoms with Crippen molar-refractivity contribution < 1.29 is 14.3 Å². The van der Waals surface area contributed by atoms with Crippen LogP contribution in [-0.4, -0.2) is 27.0 Å². The molecule has 0 atom stereocenters. The molecule has 0 aliphatic heterocycles. The number of rotatable bonds is 3. The van der Waals surface area contributed by atoms with E-state index in [2.05, 4.69) is 10.3 Å². The molecule has 6 heteroatoms. The van der Waals surface area contributed by atoms with Crippen molar-refractivity contribution in [1.82, 2.24) is 9.55 Å². The summed E-state index contributed by atoms with van der Waals surface area (Å²) in [5.41, 5.74) is 1.09. The van der Waals surface area contributed by atoms with E-state index in [9.17, 15) is 9.59 Å². The van der Waals surface area contributed by atoms with Crippen molar-refractivity contribution in [2.45, 2.75) is 33.3 Å². The molecule has 2 aromatic rings. The lowest BCUT2D eigenvalue weighted by atomic mass is 10.1. The zero-order valence-corrected chi connectivity index (χ0v) is 13.1. The first-order valence-electron chi connectivity index (χ1n) is 6.89. The SMILES string of the molecule is CC(=O)Nc1ccc(C(=O)OC(C)(C)C)cc1-n1ccnc1. The van der Waals surface area contributed by atoms with Gasteiger partial charge in [0.1, 0.15) is 5.60 Å². The predicted molar refractivity (Wildman–Crippen MR) is 83.0 cm³/mol. The molecule has 0 aliphatic carbocycles. The lowest BCUT2D eigenvalue weighted by Crippen LogP contribution is -2.24. The first kappa shape index (κ1) is 15.8. The number of nitrogens with one attached hydrogen (secondary N) is 1. The monoisotopic (exact) mass is 301 g/mol. The van der Waals surface area contributed by atoms with Crippen molar-refractivity contribution >= 4 is 17.6 Å². The maximum absolute atomic E-state index is 12.2. The van der Waals surface area contributed by atoms with Crippen LogP contribution in [0.2, 0.25) is 0 Å². The van der Waals surface area contributed by atoms with E-state index in [0.717, 1.165) is 0 Å². The first-order chi connectivity index (χ1) is 10.3. The van der Waals surface area contributed by atoms with Crippen LogP contribution in [-0.2, 0) is 9.53 Å². The van der Waals surface area contributed by atoms with Gasteiger partial charge in [0.2, 0.25) is 5.91 Å². The zero-order valence-electron chi connectivity index (χ0n) is 13.1. The number of nitrogens with zero attached hydrogens (tertiary/aromatic N) is 2. The van der Waals surface area contributed by atoms with Crippen LogP contribution in [0.4, 0.5) is 5.69 Å². The average Bonchev–Trinajstić information content (AvgIpc) is 2.90. The Morgan fingerprint density at radius 2 is 2.00 bits per heavy atom. The number of anilines is 1. The summed E-state index contributed by atoms with van der Waals surface area (Å²) >= 11 is 0. The molecule has 0 fully saturated rings. The van der Waals surface area contributed by atoms with E-state index in [1.807, 2.05) is 20.8 Å². The molecule has 0 unspecified atom stereocenters. The van der Waals surface area contributed by atoms with Gasteiger partial charge in [0.05, 0.1) is 23.3 Å². The van der Waals surface area contributed by atoms with Gasteiger partial charge >= 0.3 is 5.97 Å². The van der Waals surface area contributed by atoms with E-state index >= 15 is 0 Å². The molecule has 6 nitrogen and oxygen atoms in total. The van der Waals surface area contributed by atoms with Crippen LogP contribution in [0.1, 0.15) is 38.1 Å². The third kappa shape index (κ3) is 3.94. The van der Waals surface area contributed by atoms with Crippen LogP contribution in [0, 0.1) is 0 Å². The van der Waals surface area contributed by atoms with Crippen molar-refractivity contribution in [2.75, 3.05) is 5.32 Å². The lowest BCUT2D eigenvalue weighted by molar-refractivity contribution is -0.114. The highest BCUT2D eigenvalue weighted by atomic mass is 16.6. The molecule has 0 radical (unpaired) electrons. The third-order valence-electron chi connectivity index (χ3n) is 2.73. The number of hydrogen-bond donors (Lipinski definition) is 1. The maximum atomic E-state index is 12.2. The molecule has 116 valence electrons. The first-order valence-corrected chi connectivity index (χ1v) is 6.89. The summed E-state index contributed by atoms with van der Waals surface area (Å²) in [5, 5.41) is 2.74.